The van der Waals surface area contributed by atoms with E-state index < -0.39 is 6.61 Å². The van der Waals surface area contributed by atoms with Gasteiger partial charge in [-0.3, -0.25) is 0 Å². The Kier molecular flexibility index (Phi) is 6.31. The first-order valence-corrected chi connectivity index (χ1v) is 9.04. The minimum Gasteiger partial charge on any atom is -0.496 e. The number of nitrogens with zero attached hydrogens (tertiary/aromatic N) is 3. The quantitative estimate of drug-likeness (QED) is 0.497. The minimum atomic E-state index is -2.85. The average molecular weight is 403 g/mol. The predicted molar refractivity (Wildman–Crippen MR) is 108 cm³/mol. The molecule has 0 bridgehead atoms. The highest BCUT2D eigenvalue weighted by Gasteiger charge is 2.27. The van der Waals surface area contributed by atoms with E-state index in [2.05, 4.69) is 14.9 Å². The Morgan fingerprint density at radius 2 is 1.97 bits per heavy atom. The Morgan fingerprint density at radius 1 is 1.24 bits per heavy atom. The van der Waals surface area contributed by atoms with Crippen molar-refractivity contribution < 1.29 is 23.1 Å². The predicted octanol–water partition coefficient (Wildman–Crippen LogP) is 4.69. The Labute approximate surface area is 168 Å². The summed E-state index contributed by atoms with van der Waals surface area (Å²) in [7, 11) is 5.41. The van der Waals surface area contributed by atoms with Crippen molar-refractivity contribution in [3.05, 3.63) is 53.1 Å². The lowest BCUT2D eigenvalue weighted by Gasteiger charge is -2.16. The molecule has 1 unspecified atom stereocenters. The Morgan fingerprint density at radius 3 is 2.59 bits per heavy atom. The summed E-state index contributed by atoms with van der Waals surface area (Å²) in [6, 6.07) is 10.2. The van der Waals surface area contributed by atoms with E-state index in [0.29, 0.717) is 12.2 Å². The molecule has 0 aromatic heterocycles. The topological polar surface area (TPSA) is 55.7 Å². The fraction of sp³-hybridized carbons (Fsp3) is 0.333. The zero-order chi connectivity index (χ0) is 21.0. The van der Waals surface area contributed by atoms with Crippen LogP contribution in [0.1, 0.15) is 29.2 Å². The second kappa shape index (κ2) is 8.89. The molecule has 2 aromatic carbocycles. The molecule has 0 fully saturated rings. The van der Waals surface area contributed by atoms with Gasteiger partial charge in [0.15, 0.2) is 6.10 Å². The van der Waals surface area contributed by atoms with Crippen LogP contribution in [0.4, 0.5) is 14.5 Å². The molecule has 6 nitrogen and oxygen atoms in total. The van der Waals surface area contributed by atoms with Crippen molar-refractivity contribution in [3.8, 4) is 11.5 Å². The molecule has 1 heterocycles. The van der Waals surface area contributed by atoms with Crippen LogP contribution in [0.15, 0.2) is 46.5 Å². The first-order valence-electron chi connectivity index (χ1n) is 9.04. The standard InChI is InChI=1S/C21H23F2N3O3/c1-13-9-16(19(27-4)10-17(13)24-12-26(2)3)20-11-18(25-29-20)14-5-7-15(8-6-14)28-21(22)23/h5-10,12,20-21H,11H2,1-4H3. The van der Waals surface area contributed by atoms with Crippen LogP contribution >= 0.6 is 0 Å². The van der Waals surface area contributed by atoms with E-state index in [9.17, 15) is 8.78 Å². The smallest absolute Gasteiger partial charge is 0.387 e. The molecule has 0 aliphatic carbocycles. The number of rotatable bonds is 7. The van der Waals surface area contributed by atoms with Crippen LogP contribution in [0.5, 0.6) is 11.5 Å². The van der Waals surface area contributed by atoms with Gasteiger partial charge in [0.05, 0.1) is 24.8 Å². The summed E-state index contributed by atoms with van der Waals surface area (Å²) in [6.07, 6.45) is 1.96. The van der Waals surface area contributed by atoms with Crippen LogP contribution in [-0.4, -0.2) is 44.8 Å². The van der Waals surface area contributed by atoms with Crippen LogP contribution < -0.4 is 9.47 Å². The second-order valence-electron chi connectivity index (χ2n) is 6.83. The van der Waals surface area contributed by atoms with E-state index in [1.54, 1.807) is 25.6 Å². The van der Waals surface area contributed by atoms with Crippen molar-refractivity contribution in [2.75, 3.05) is 21.2 Å². The van der Waals surface area contributed by atoms with Crippen LogP contribution in [0.25, 0.3) is 0 Å². The van der Waals surface area contributed by atoms with Crippen molar-refractivity contribution in [1.29, 1.82) is 0 Å². The number of aryl methyl sites for hydroxylation is 1. The van der Waals surface area contributed by atoms with E-state index in [0.717, 1.165) is 28.1 Å². The maximum absolute atomic E-state index is 12.3. The molecule has 0 radical (unpaired) electrons. The van der Waals surface area contributed by atoms with Crippen molar-refractivity contribution in [1.82, 2.24) is 4.90 Å². The van der Waals surface area contributed by atoms with Gasteiger partial charge in [-0.1, -0.05) is 5.16 Å². The van der Waals surface area contributed by atoms with E-state index in [1.165, 1.54) is 12.1 Å². The molecule has 0 spiro atoms. The summed E-state index contributed by atoms with van der Waals surface area (Å²) in [5.41, 5.74) is 4.20. The van der Waals surface area contributed by atoms with Gasteiger partial charge in [-0.05, 0) is 48.4 Å². The molecule has 3 rings (SSSR count). The first kappa shape index (κ1) is 20.6. The Bertz CT molecular complexity index is 912. The molecule has 1 atom stereocenters. The van der Waals surface area contributed by atoms with Gasteiger partial charge >= 0.3 is 6.61 Å². The highest BCUT2D eigenvalue weighted by molar-refractivity contribution is 6.01. The maximum atomic E-state index is 12.3. The van der Waals surface area contributed by atoms with E-state index >= 15 is 0 Å². The third kappa shape index (κ3) is 5.01. The lowest BCUT2D eigenvalue weighted by atomic mass is 9.97. The lowest BCUT2D eigenvalue weighted by Crippen LogP contribution is -2.07. The molecular weight excluding hydrogens is 380 g/mol. The van der Waals surface area contributed by atoms with Crippen molar-refractivity contribution >= 4 is 17.7 Å². The molecule has 0 amide bonds. The number of oxime groups is 1. The van der Waals surface area contributed by atoms with Gasteiger partial charge in [0.25, 0.3) is 0 Å². The molecule has 0 saturated carbocycles. The van der Waals surface area contributed by atoms with Gasteiger partial charge in [-0.25, -0.2) is 4.99 Å². The van der Waals surface area contributed by atoms with Gasteiger partial charge in [-0.15, -0.1) is 0 Å². The summed E-state index contributed by atoms with van der Waals surface area (Å²) in [4.78, 5) is 12.0. The zero-order valence-corrected chi connectivity index (χ0v) is 16.7. The van der Waals surface area contributed by atoms with Gasteiger partial charge in [-0.2, -0.15) is 8.78 Å². The summed E-state index contributed by atoms with van der Waals surface area (Å²) in [5.74, 6) is 0.773. The summed E-state index contributed by atoms with van der Waals surface area (Å²) in [5, 5.41) is 4.18. The maximum Gasteiger partial charge on any atom is 0.387 e. The molecule has 2 aromatic rings. The second-order valence-corrected chi connectivity index (χ2v) is 6.83. The van der Waals surface area contributed by atoms with Gasteiger partial charge in [0.1, 0.15) is 11.5 Å². The molecule has 0 N–H and O–H groups in total. The van der Waals surface area contributed by atoms with Crippen LogP contribution in [0.2, 0.25) is 0 Å². The van der Waals surface area contributed by atoms with E-state index in [-0.39, 0.29) is 11.9 Å². The summed E-state index contributed by atoms with van der Waals surface area (Å²) in [6.45, 7) is -0.873. The third-order valence-corrected chi connectivity index (χ3v) is 4.40. The van der Waals surface area contributed by atoms with Crippen LogP contribution in [-0.2, 0) is 4.84 Å². The number of alkyl halides is 2. The largest absolute Gasteiger partial charge is 0.496 e. The summed E-state index contributed by atoms with van der Waals surface area (Å²) >= 11 is 0. The molecular formula is C21H23F2N3O3. The molecule has 1 aliphatic rings. The number of ether oxygens (including phenoxy) is 2. The lowest BCUT2D eigenvalue weighted by molar-refractivity contribution is -0.0498. The highest BCUT2D eigenvalue weighted by atomic mass is 19.3. The van der Waals surface area contributed by atoms with Crippen LogP contribution in [0.3, 0.4) is 0 Å². The molecule has 0 saturated heterocycles. The third-order valence-electron chi connectivity index (χ3n) is 4.40. The van der Waals surface area contributed by atoms with Crippen molar-refractivity contribution in [2.45, 2.75) is 26.1 Å². The van der Waals surface area contributed by atoms with Gasteiger partial charge < -0.3 is 19.2 Å². The zero-order valence-electron chi connectivity index (χ0n) is 16.7. The SMILES string of the molecule is COc1cc(N=CN(C)C)c(C)cc1C1CC(c2ccc(OC(F)F)cc2)=NO1. The van der Waals surface area contributed by atoms with Crippen molar-refractivity contribution in [3.63, 3.8) is 0 Å². The van der Waals surface area contributed by atoms with Crippen LogP contribution in [0, 0.1) is 6.92 Å². The number of hydrogen-bond acceptors (Lipinski definition) is 5. The number of hydrogen-bond donors (Lipinski definition) is 0. The Balaban J connectivity index is 1.77. The summed E-state index contributed by atoms with van der Waals surface area (Å²) < 4.78 is 34.5. The monoisotopic (exact) mass is 403 g/mol. The number of aliphatic imine (C=N–C) groups is 1. The number of benzene rings is 2. The normalized spacial score (nSPS) is 16.1. The number of halogens is 2. The Hall–Kier alpha value is -3.16. The number of methoxy groups -OCH3 is 1. The first-order chi connectivity index (χ1) is 13.9. The molecule has 8 heteroatoms. The van der Waals surface area contributed by atoms with Gasteiger partial charge in [0, 0.05) is 32.1 Å². The molecule has 29 heavy (non-hydrogen) atoms. The highest BCUT2D eigenvalue weighted by Crippen LogP contribution is 2.38. The van der Waals surface area contributed by atoms with Gasteiger partial charge in [0.2, 0.25) is 0 Å². The fourth-order valence-corrected chi connectivity index (χ4v) is 2.99. The minimum absolute atomic E-state index is 0.103. The fourth-order valence-electron chi connectivity index (χ4n) is 2.99. The average Bonchev–Trinajstić information content (AvgIpc) is 3.16. The van der Waals surface area contributed by atoms with Crippen molar-refractivity contribution in [2.24, 2.45) is 10.1 Å². The molecule has 154 valence electrons. The van der Waals surface area contributed by atoms with E-state index in [1.807, 2.05) is 38.1 Å². The van der Waals surface area contributed by atoms with E-state index in [4.69, 9.17) is 9.57 Å². The molecule has 1 aliphatic heterocycles.